The SMILES string of the molecule is Cc1ccc(CN(CCCCC(=O)O)CCOCc2ccc(Oc3ccccc3)cc2)cc1.Clc1ccccc1.O=CO. The molecular weight excluding hydrogens is 566 g/mol. The molecule has 0 saturated heterocycles. The van der Waals surface area contributed by atoms with E-state index in [9.17, 15) is 4.79 Å². The molecule has 0 fully saturated rings. The largest absolute Gasteiger partial charge is 0.483 e. The molecule has 4 aromatic rings. The lowest BCUT2D eigenvalue weighted by molar-refractivity contribution is -0.137. The fourth-order valence-corrected chi connectivity index (χ4v) is 4.06. The number of carboxylic acids is 1. The van der Waals surface area contributed by atoms with Crippen LogP contribution >= 0.6 is 11.6 Å². The van der Waals surface area contributed by atoms with Gasteiger partial charge in [0, 0.05) is 24.5 Å². The molecule has 0 aliphatic rings. The third-order valence-electron chi connectivity index (χ3n) is 6.10. The molecule has 0 radical (unpaired) electrons. The number of benzene rings is 4. The van der Waals surface area contributed by atoms with Crippen LogP contribution in [0.15, 0.2) is 109 Å². The Balaban J connectivity index is 0.000000549. The van der Waals surface area contributed by atoms with Crippen LogP contribution in [0.4, 0.5) is 0 Å². The van der Waals surface area contributed by atoms with Crippen molar-refractivity contribution in [3.8, 4) is 11.5 Å². The molecule has 7 nitrogen and oxygen atoms in total. The number of aryl methyl sites for hydroxylation is 1. The molecule has 4 aromatic carbocycles. The second-order valence-electron chi connectivity index (χ2n) is 9.63. The summed E-state index contributed by atoms with van der Waals surface area (Å²) in [6.45, 7) is 5.49. The summed E-state index contributed by atoms with van der Waals surface area (Å²) in [6, 6.07) is 35.7. The van der Waals surface area contributed by atoms with Crippen molar-refractivity contribution in [2.45, 2.75) is 39.3 Å². The van der Waals surface area contributed by atoms with Gasteiger partial charge in [0.15, 0.2) is 0 Å². The Hall–Kier alpha value is -4.17. The van der Waals surface area contributed by atoms with E-state index in [1.807, 2.05) is 84.9 Å². The molecule has 0 amide bonds. The van der Waals surface area contributed by atoms with Gasteiger partial charge < -0.3 is 19.7 Å². The maximum atomic E-state index is 10.8. The molecule has 0 aliphatic carbocycles. The first-order valence-electron chi connectivity index (χ1n) is 14.1. The maximum Gasteiger partial charge on any atom is 0.303 e. The van der Waals surface area contributed by atoms with Crippen LogP contribution in [0.25, 0.3) is 0 Å². The predicted molar refractivity (Wildman–Crippen MR) is 171 cm³/mol. The van der Waals surface area contributed by atoms with Crippen LogP contribution in [0, 0.1) is 6.92 Å². The summed E-state index contributed by atoms with van der Waals surface area (Å²) >= 11 is 5.54. The van der Waals surface area contributed by atoms with Gasteiger partial charge >= 0.3 is 5.97 Å². The molecule has 0 aromatic heterocycles. The van der Waals surface area contributed by atoms with Crippen molar-refractivity contribution in [2.75, 3.05) is 19.7 Å². The van der Waals surface area contributed by atoms with E-state index in [1.54, 1.807) is 0 Å². The molecule has 0 atom stereocenters. The van der Waals surface area contributed by atoms with Gasteiger partial charge in [-0.05, 0) is 73.8 Å². The van der Waals surface area contributed by atoms with Gasteiger partial charge in [0.05, 0.1) is 13.2 Å². The highest BCUT2D eigenvalue weighted by atomic mass is 35.5. The van der Waals surface area contributed by atoms with E-state index in [-0.39, 0.29) is 12.9 Å². The lowest BCUT2D eigenvalue weighted by Crippen LogP contribution is -2.28. The Morgan fingerprint density at radius 3 is 1.91 bits per heavy atom. The number of ether oxygens (including phenoxy) is 2. The van der Waals surface area contributed by atoms with Gasteiger partial charge in [0.25, 0.3) is 6.47 Å². The van der Waals surface area contributed by atoms with Crippen LogP contribution in [0.2, 0.25) is 5.02 Å². The summed E-state index contributed by atoms with van der Waals surface area (Å²) in [5, 5.41) is 16.6. The maximum absolute atomic E-state index is 10.8. The molecule has 43 heavy (non-hydrogen) atoms. The zero-order chi connectivity index (χ0) is 31.1. The molecule has 0 bridgehead atoms. The second-order valence-corrected chi connectivity index (χ2v) is 10.1. The minimum absolute atomic E-state index is 0.221. The zero-order valence-electron chi connectivity index (χ0n) is 24.5. The first-order valence-corrected chi connectivity index (χ1v) is 14.4. The molecular formula is C35H40ClNO6. The van der Waals surface area contributed by atoms with Crippen molar-refractivity contribution in [3.63, 3.8) is 0 Å². The fraction of sp³-hybridized carbons (Fsp3) is 0.257. The minimum atomic E-state index is -0.733. The third kappa shape index (κ3) is 16.8. The van der Waals surface area contributed by atoms with Gasteiger partial charge in [-0.15, -0.1) is 0 Å². The average molecular weight is 606 g/mol. The number of hydrogen-bond acceptors (Lipinski definition) is 5. The lowest BCUT2D eigenvalue weighted by Gasteiger charge is -2.22. The number of hydrogen-bond donors (Lipinski definition) is 2. The van der Waals surface area contributed by atoms with Crippen LogP contribution in [0.1, 0.15) is 36.0 Å². The van der Waals surface area contributed by atoms with Gasteiger partial charge in [-0.1, -0.05) is 90.0 Å². The van der Waals surface area contributed by atoms with Crippen molar-refractivity contribution >= 4 is 24.0 Å². The van der Waals surface area contributed by atoms with E-state index in [0.29, 0.717) is 19.6 Å². The molecule has 0 aliphatic heterocycles. The standard InChI is InChI=1S/C28H33NO4.C6H5Cl.CH2O2/c1-23-10-12-24(13-11-23)21-29(18-6-5-9-28(30)31)19-20-32-22-25-14-16-27(17-15-25)33-26-7-3-2-4-8-26;7-6-4-2-1-3-5-6;2-1-3/h2-4,7-8,10-17H,5-6,9,18-22H2,1H3,(H,30,31);1-5H;1H,(H,2,3). The first kappa shape index (κ1) is 35.0. The number of nitrogens with zero attached hydrogens (tertiary/aromatic N) is 1. The van der Waals surface area contributed by atoms with Crippen molar-refractivity contribution in [1.82, 2.24) is 4.90 Å². The van der Waals surface area contributed by atoms with E-state index in [0.717, 1.165) is 48.1 Å². The summed E-state index contributed by atoms with van der Waals surface area (Å²) in [4.78, 5) is 21.5. The number of carboxylic acid groups (broad SMARTS) is 2. The van der Waals surface area contributed by atoms with Crippen LogP contribution in [-0.2, 0) is 27.5 Å². The number of rotatable bonds is 14. The monoisotopic (exact) mass is 605 g/mol. The minimum Gasteiger partial charge on any atom is -0.483 e. The Kier molecular flexibility index (Phi) is 17.5. The second kappa shape index (κ2) is 21.5. The Morgan fingerprint density at radius 2 is 1.35 bits per heavy atom. The molecule has 8 heteroatoms. The number of unbranched alkanes of at least 4 members (excludes halogenated alkanes) is 1. The quantitative estimate of drug-likeness (QED) is 0.111. The van der Waals surface area contributed by atoms with Gasteiger partial charge in [-0.3, -0.25) is 14.5 Å². The van der Waals surface area contributed by atoms with Crippen molar-refractivity contribution in [1.29, 1.82) is 0 Å². The van der Waals surface area contributed by atoms with Gasteiger partial charge in [0.2, 0.25) is 0 Å². The highest BCUT2D eigenvalue weighted by Crippen LogP contribution is 2.21. The molecule has 228 valence electrons. The summed E-state index contributed by atoms with van der Waals surface area (Å²) in [5.41, 5.74) is 3.60. The molecule has 2 N–H and O–H groups in total. The first-order chi connectivity index (χ1) is 20.9. The zero-order valence-corrected chi connectivity index (χ0v) is 25.2. The molecule has 0 saturated carbocycles. The fourth-order valence-electron chi connectivity index (χ4n) is 3.91. The van der Waals surface area contributed by atoms with Crippen molar-refractivity contribution in [2.24, 2.45) is 0 Å². The summed E-state index contributed by atoms with van der Waals surface area (Å²) in [7, 11) is 0. The molecule has 0 spiro atoms. The molecule has 0 unspecified atom stereocenters. The van der Waals surface area contributed by atoms with E-state index < -0.39 is 5.97 Å². The van der Waals surface area contributed by atoms with E-state index in [2.05, 4.69) is 36.1 Å². The van der Waals surface area contributed by atoms with Crippen molar-refractivity contribution < 1.29 is 29.3 Å². The van der Waals surface area contributed by atoms with Crippen LogP contribution in [0.5, 0.6) is 11.5 Å². The predicted octanol–water partition coefficient (Wildman–Crippen LogP) is 8.10. The molecule has 4 rings (SSSR count). The van der Waals surface area contributed by atoms with E-state index in [1.165, 1.54) is 11.1 Å². The van der Waals surface area contributed by atoms with Crippen molar-refractivity contribution in [3.05, 3.63) is 131 Å². The Labute approximate surface area is 259 Å². The molecule has 0 heterocycles. The normalized spacial score (nSPS) is 10.1. The van der Waals surface area contributed by atoms with Crippen LogP contribution < -0.4 is 4.74 Å². The Morgan fingerprint density at radius 1 is 0.791 bits per heavy atom. The highest BCUT2D eigenvalue weighted by Gasteiger charge is 2.08. The van der Waals surface area contributed by atoms with Gasteiger partial charge in [-0.2, -0.15) is 0 Å². The number of aliphatic carboxylic acids is 1. The number of halogens is 1. The average Bonchev–Trinajstić information content (AvgIpc) is 3.01. The van der Waals surface area contributed by atoms with Crippen LogP contribution in [0.3, 0.4) is 0 Å². The third-order valence-corrected chi connectivity index (χ3v) is 6.35. The lowest BCUT2D eigenvalue weighted by atomic mass is 10.1. The number of para-hydroxylation sites is 1. The summed E-state index contributed by atoms with van der Waals surface area (Å²) in [5.74, 6) is 0.887. The summed E-state index contributed by atoms with van der Waals surface area (Å²) in [6.07, 6.45) is 1.78. The smallest absolute Gasteiger partial charge is 0.303 e. The summed E-state index contributed by atoms with van der Waals surface area (Å²) < 4.78 is 11.8. The Bertz CT molecular complexity index is 1290. The number of carbonyl (C=O) groups is 2. The van der Waals surface area contributed by atoms with Gasteiger partial charge in [-0.25, -0.2) is 0 Å². The van der Waals surface area contributed by atoms with E-state index in [4.69, 9.17) is 36.1 Å². The highest BCUT2D eigenvalue weighted by molar-refractivity contribution is 6.30. The van der Waals surface area contributed by atoms with Crippen LogP contribution in [-0.4, -0.2) is 47.3 Å². The van der Waals surface area contributed by atoms with E-state index >= 15 is 0 Å². The van der Waals surface area contributed by atoms with Gasteiger partial charge in [0.1, 0.15) is 11.5 Å². The topological polar surface area (TPSA) is 96.3 Å².